The van der Waals surface area contributed by atoms with E-state index >= 15 is 4.79 Å². The average Bonchev–Trinajstić information content (AvgIpc) is 1.57. The van der Waals surface area contributed by atoms with E-state index in [0.717, 1.165) is 44.2 Å². The van der Waals surface area contributed by atoms with Crippen LogP contribution in [0.3, 0.4) is 0 Å². The van der Waals surface area contributed by atoms with Crippen LogP contribution >= 0.6 is 58.0 Å². The highest BCUT2D eigenvalue weighted by atomic mass is 35.5. The van der Waals surface area contributed by atoms with Crippen LogP contribution < -0.4 is 10.6 Å². The second-order valence-corrected chi connectivity index (χ2v) is 27.1. The number of amides is 2. The van der Waals surface area contributed by atoms with Crippen LogP contribution in [0.1, 0.15) is 85.5 Å². The Balaban J connectivity index is 0.951. The van der Waals surface area contributed by atoms with Gasteiger partial charge in [-0.1, -0.05) is 52.0 Å². The van der Waals surface area contributed by atoms with Crippen LogP contribution in [0, 0.1) is 63.9 Å². The van der Waals surface area contributed by atoms with Crippen molar-refractivity contribution in [1.29, 1.82) is 0 Å². The van der Waals surface area contributed by atoms with E-state index in [1.165, 1.54) is 36.4 Å². The number of halogens is 7. The number of carbonyl (C=O) groups is 8. The van der Waals surface area contributed by atoms with Gasteiger partial charge in [-0.3, -0.25) is 39.4 Å². The number of benzene rings is 2. The molecule has 30 heteroatoms. The van der Waals surface area contributed by atoms with Crippen molar-refractivity contribution in [2.75, 3.05) is 59.9 Å². The number of anilines is 2. The van der Waals surface area contributed by atoms with Gasteiger partial charge >= 0.3 is 42.0 Å². The molecule has 2 aromatic rings. The third-order valence-electron chi connectivity index (χ3n) is 20.2. The predicted molar refractivity (Wildman–Crippen MR) is 325 cm³/mol. The summed E-state index contributed by atoms with van der Waals surface area (Å²) >= 11 is 30.1. The molecule has 23 nitrogen and oxygen atoms in total. The van der Waals surface area contributed by atoms with E-state index in [-0.39, 0.29) is 58.5 Å². The molecule has 8 fully saturated rings. The van der Waals surface area contributed by atoms with E-state index < -0.39 is 181 Å². The number of carbonyl (C=O) groups excluding carboxylic acids is 8. The third-order valence-corrected chi connectivity index (χ3v) is 21.3. The Hall–Kier alpha value is -4.93. The number of esters is 5. The molecule has 22 atom stereocenters. The number of hydrogen-bond acceptors (Lipinski definition) is 21. The number of Topliss-reactive ketones (excluding diaryl/α,β-unsaturated/α-hetero) is 1. The number of para-hydroxylation sites is 2. The molecule has 0 aromatic heterocycles. The Morgan fingerprint density at radius 2 is 1.13 bits per heavy atom. The molecule has 0 bridgehead atoms. The number of ether oxygens (including phenoxy) is 13. The summed E-state index contributed by atoms with van der Waals surface area (Å²) in [6.07, 6.45) is -17.1. The van der Waals surface area contributed by atoms with Gasteiger partial charge in [0, 0.05) is 24.7 Å². The van der Waals surface area contributed by atoms with Crippen molar-refractivity contribution in [2.24, 2.45) is 52.3 Å². The predicted octanol–water partition coefficient (Wildman–Crippen LogP) is 9.36. The molecule has 10 rings (SSSR count). The monoisotopic (exact) mass is 1410 g/mol. The fraction of sp³-hybridized carbons (Fsp3) is 0.683. The molecule has 8 aliphatic rings. The van der Waals surface area contributed by atoms with Gasteiger partial charge in [0.05, 0.1) is 30.2 Å². The summed E-state index contributed by atoms with van der Waals surface area (Å²) in [5, 5.41) is 4.41. The molecule has 4 saturated heterocycles. The summed E-state index contributed by atoms with van der Waals surface area (Å²) < 4.78 is 110. The minimum atomic E-state index is -2.22. The molecule has 4 aliphatic heterocycles. The number of ketones is 1. The quantitative estimate of drug-likeness (QED) is 0.0540. The molecule has 1 spiro atoms. The summed E-state index contributed by atoms with van der Waals surface area (Å²) in [5.41, 5.74) is -1.44. The molecular formula is C63H75Cl5F2N2O21. The minimum Gasteiger partial charge on any atom is -0.462 e. The molecule has 512 valence electrons. The van der Waals surface area contributed by atoms with Crippen LogP contribution in [0.5, 0.6) is 0 Å². The first-order valence-corrected chi connectivity index (χ1v) is 33.7. The molecule has 4 aliphatic carbocycles. The Bertz CT molecular complexity index is 3080. The minimum absolute atomic E-state index is 0.0182. The second kappa shape index (κ2) is 30.2. The van der Waals surface area contributed by atoms with Crippen LogP contribution in [0.15, 0.2) is 48.5 Å². The van der Waals surface area contributed by atoms with Crippen LogP contribution in [-0.2, 0) is 90.3 Å². The average molecular weight is 1410 g/mol. The highest BCUT2D eigenvalue weighted by Crippen LogP contribution is 2.71. The van der Waals surface area contributed by atoms with Crippen molar-refractivity contribution in [1.82, 2.24) is 0 Å². The maximum Gasteiger partial charge on any atom is 0.412 e. The summed E-state index contributed by atoms with van der Waals surface area (Å²) in [4.78, 5) is 109. The number of nitrogens with one attached hydrogen (secondary N) is 2. The lowest BCUT2D eigenvalue weighted by Crippen LogP contribution is -2.68. The van der Waals surface area contributed by atoms with E-state index in [4.69, 9.17) is 120 Å². The fourth-order valence-electron chi connectivity index (χ4n) is 16.2. The molecule has 2 N–H and O–H groups in total. The molecule has 0 radical (unpaired) electrons. The van der Waals surface area contributed by atoms with Gasteiger partial charge in [0.2, 0.25) is 0 Å². The topological polar surface area (TPSA) is 281 Å². The lowest BCUT2D eigenvalue weighted by atomic mass is 9.44. The molecular weight excluding hydrogens is 1340 g/mol. The van der Waals surface area contributed by atoms with Gasteiger partial charge in [0.15, 0.2) is 48.9 Å². The number of alkyl halides is 5. The van der Waals surface area contributed by atoms with Gasteiger partial charge in [-0.25, -0.2) is 18.4 Å². The van der Waals surface area contributed by atoms with Crippen molar-refractivity contribution < 1.29 is 109 Å². The second-order valence-electron chi connectivity index (χ2n) is 25.7. The number of fused-ring (bicyclic) bond motifs is 7. The van der Waals surface area contributed by atoms with Gasteiger partial charge in [-0.2, -0.15) is 0 Å². The standard InChI is InChI=1S/C63H75Cl5F2N2O21/c1-30-15-18-63(83-27-30)31(2)49-41(93-63)20-35-34-14-13-32-19-33(16-17-61(32,3)50(34)40(73)21-62(35,49)4)84-57-55(89-47(77)25-67)53(87-45(75)23-65)51(42(85-57)28-81-44(74)22-64)91-58-56(90-48(78)26-68)54(88-46(76)24-66)52(92-60(80)72-39-12-8-6-10-37(39)70)43(86-58)29-82-59(79)71-38-11-7-5-9-36(38)69/h5-12,30-35,41-43,49-58H,13-29H2,1-4H3,(H,71,79)(H,72,80)/t30-,31?,32+,33+,34+,35+,41?,42-,43-,49?,50-,51-,52-,53+,54+,55-,56-,57-,58+,61+,62+,63-/m1/s1. The van der Waals surface area contributed by atoms with Crippen LogP contribution in [0.2, 0.25) is 0 Å². The first-order chi connectivity index (χ1) is 44.5. The molecule has 2 aromatic carbocycles. The summed E-state index contributed by atoms with van der Waals surface area (Å²) in [7, 11) is 0. The van der Waals surface area contributed by atoms with Crippen molar-refractivity contribution in [2.45, 2.75) is 165 Å². The van der Waals surface area contributed by atoms with Crippen molar-refractivity contribution >= 4 is 117 Å². The van der Waals surface area contributed by atoms with Gasteiger partial charge in [-0.05, 0) is 110 Å². The maximum atomic E-state index is 15.0. The Morgan fingerprint density at radius 3 is 1.70 bits per heavy atom. The first-order valence-electron chi connectivity index (χ1n) is 31.1. The van der Waals surface area contributed by atoms with E-state index in [2.05, 4.69) is 38.3 Å². The third kappa shape index (κ3) is 15.1. The zero-order valence-corrected chi connectivity index (χ0v) is 55.1. The molecule has 4 saturated carbocycles. The highest BCUT2D eigenvalue weighted by Gasteiger charge is 2.71. The van der Waals surface area contributed by atoms with Crippen LogP contribution in [-0.4, -0.2) is 176 Å². The van der Waals surface area contributed by atoms with E-state index in [1.807, 2.05) is 0 Å². The zero-order chi connectivity index (χ0) is 66.7. The Labute approximate surface area is 560 Å². The van der Waals surface area contributed by atoms with E-state index in [9.17, 15) is 42.3 Å². The summed E-state index contributed by atoms with van der Waals surface area (Å²) in [5.74, 6) is -11.1. The maximum absolute atomic E-state index is 15.0. The number of rotatable bonds is 20. The van der Waals surface area contributed by atoms with Gasteiger partial charge < -0.3 is 61.6 Å². The summed E-state index contributed by atoms with van der Waals surface area (Å²) in [6, 6.07) is 9.94. The van der Waals surface area contributed by atoms with Crippen molar-refractivity contribution in [3.05, 3.63) is 60.2 Å². The van der Waals surface area contributed by atoms with Gasteiger partial charge in [0.1, 0.15) is 78.3 Å². The molecule has 3 unspecified atom stereocenters. The van der Waals surface area contributed by atoms with Crippen molar-refractivity contribution in [3.8, 4) is 0 Å². The lowest BCUT2D eigenvalue weighted by molar-refractivity contribution is -0.364. The van der Waals surface area contributed by atoms with Gasteiger partial charge in [-0.15, -0.1) is 58.0 Å². The van der Waals surface area contributed by atoms with Crippen LogP contribution in [0.25, 0.3) is 0 Å². The molecule has 2 amide bonds. The Morgan fingerprint density at radius 1 is 0.591 bits per heavy atom. The first kappa shape index (κ1) is 70.9. The zero-order valence-electron chi connectivity index (χ0n) is 51.3. The largest absolute Gasteiger partial charge is 0.462 e. The fourth-order valence-corrected chi connectivity index (χ4v) is 16.6. The van der Waals surface area contributed by atoms with E-state index in [1.54, 1.807) is 0 Å². The van der Waals surface area contributed by atoms with E-state index in [0.29, 0.717) is 38.2 Å². The smallest absolute Gasteiger partial charge is 0.412 e. The SMILES string of the molecule is CC1C2C(C[C@H]3[C@@H]4CC[C@H]5C[C@@H](O[C@@H]6O[C@H](COC(=O)CCl)[C@@H](O[C@@H]7O[C@H](COC(=O)Nc8ccccc8F)[C@@H](OC(=O)Nc8ccccc8F)[C@H](OC(=O)CCl)[C@H]7OC(=O)CCl)[C@H](OC(=O)CCl)[C@H]6OC(=O)CCl)CC[C@]5(C)[C@H]4C(=O)C[C@]23C)O[C@]12CC[C@@H](C)CO2. The summed E-state index contributed by atoms with van der Waals surface area (Å²) in [6.45, 7) is 7.74. The van der Waals surface area contributed by atoms with Crippen molar-refractivity contribution in [3.63, 3.8) is 0 Å². The van der Waals surface area contributed by atoms with Gasteiger partial charge in [0.25, 0.3) is 0 Å². The molecule has 93 heavy (non-hydrogen) atoms. The number of hydrogen-bond donors (Lipinski definition) is 2. The van der Waals surface area contributed by atoms with Crippen LogP contribution in [0.4, 0.5) is 29.7 Å². The highest BCUT2D eigenvalue weighted by molar-refractivity contribution is 6.27. The molecule has 4 heterocycles. The Kier molecular flexibility index (Phi) is 23.0. The normalized spacial score (nSPS) is 37.5. The lowest BCUT2D eigenvalue weighted by Gasteiger charge is -2.60.